The molecule has 1 atom stereocenters. The highest BCUT2D eigenvalue weighted by Gasteiger charge is 2.37. The molecule has 1 aliphatic heterocycles. The molecule has 1 N–H and O–H groups in total. The number of phenolic OH excluding ortho intramolecular Hbond substituents is 1. The molecule has 36 heavy (non-hydrogen) atoms. The molecule has 0 radical (unpaired) electrons. The van der Waals surface area contributed by atoms with Crippen molar-refractivity contribution in [2.75, 3.05) is 0 Å². The molecule has 7 nitrogen and oxygen atoms in total. The fraction of sp³-hybridized carbons (Fsp3) is 0.172. The Morgan fingerprint density at radius 2 is 1.61 bits per heavy atom. The number of aryl methyl sites for hydroxylation is 3. The first-order valence-corrected chi connectivity index (χ1v) is 11.8. The number of rotatable bonds is 2. The fourth-order valence-corrected chi connectivity index (χ4v) is 5.29. The number of phenols is 1. The number of hydrogen-bond acceptors (Lipinski definition) is 4. The monoisotopic (exact) mass is 479 g/mol. The Morgan fingerprint density at radius 3 is 2.36 bits per heavy atom. The Hall–Kier alpha value is -4.52. The van der Waals surface area contributed by atoms with Gasteiger partial charge in [-0.25, -0.2) is 4.79 Å². The van der Waals surface area contributed by atoms with Crippen molar-refractivity contribution >= 4 is 10.9 Å². The molecule has 0 amide bonds. The van der Waals surface area contributed by atoms with E-state index in [4.69, 9.17) is 4.74 Å². The third-order valence-corrected chi connectivity index (χ3v) is 7.08. The molecule has 0 saturated heterocycles. The first-order valence-electron chi connectivity index (χ1n) is 11.8. The normalized spacial score (nSPS) is 14.4. The van der Waals surface area contributed by atoms with Crippen LogP contribution in [0.25, 0.3) is 27.8 Å². The zero-order valence-corrected chi connectivity index (χ0v) is 20.4. The van der Waals surface area contributed by atoms with E-state index in [-0.39, 0.29) is 11.3 Å². The van der Waals surface area contributed by atoms with E-state index in [1.807, 2.05) is 66.9 Å². The number of nitrogens with zero attached hydrogens (tertiary/aromatic N) is 3. The van der Waals surface area contributed by atoms with Gasteiger partial charge < -0.3 is 14.4 Å². The van der Waals surface area contributed by atoms with Crippen molar-refractivity contribution in [2.45, 2.75) is 20.0 Å². The summed E-state index contributed by atoms with van der Waals surface area (Å²) in [6, 6.07) is 20.8. The molecule has 0 spiro atoms. The third-order valence-electron chi connectivity index (χ3n) is 7.08. The van der Waals surface area contributed by atoms with E-state index >= 15 is 0 Å². The van der Waals surface area contributed by atoms with Crippen molar-refractivity contribution < 1.29 is 9.84 Å². The summed E-state index contributed by atoms with van der Waals surface area (Å²) in [6.45, 7) is 4.01. The highest BCUT2D eigenvalue weighted by molar-refractivity contribution is 5.99. The van der Waals surface area contributed by atoms with Gasteiger partial charge in [0.1, 0.15) is 11.5 Å². The molecule has 0 bridgehead atoms. The fourth-order valence-electron chi connectivity index (χ4n) is 5.29. The van der Waals surface area contributed by atoms with Gasteiger partial charge in [-0.15, -0.1) is 0 Å². The van der Waals surface area contributed by atoms with Crippen molar-refractivity contribution in [2.24, 2.45) is 14.1 Å². The zero-order valence-electron chi connectivity index (χ0n) is 20.4. The summed E-state index contributed by atoms with van der Waals surface area (Å²) in [5.74, 6) is 0.698. The summed E-state index contributed by atoms with van der Waals surface area (Å²) in [7, 11) is 3.16. The van der Waals surface area contributed by atoms with E-state index in [0.29, 0.717) is 33.6 Å². The molecular weight excluding hydrogens is 454 g/mol. The SMILES string of the molecule is Cc1ccc2c(c1)-n1c(-c3ccccc3C)c3c(=O)n(C)c(=O)n(C)c3c1[C@H](c1ccccc1O)O2. The Balaban J connectivity index is 1.91. The number of benzene rings is 3. The van der Waals surface area contributed by atoms with E-state index < -0.39 is 11.8 Å². The van der Waals surface area contributed by atoms with Crippen LogP contribution >= 0.6 is 0 Å². The molecule has 180 valence electrons. The van der Waals surface area contributed by atoms with Gasteiger partial charge in [-0.1, -0.05) is 48.5 Å². The van der Waals surface area contributed by atoms with Gasteiger partial charge in [0.25, 0.3) is 5.56 Å². The lowest BCUT2D eigenvalue weighted by Gasteiger charge is -2.30. The lowest BCUT2D eigenvalue weighted by molar-refractivity contribution is 0.224. The summed E-state index contributed by atoms with van der Waals surface area (Å²) in [4.78, 5) is 26.9. The van der Waals surface area contributed by atoms with Crippen LogP contribution in [0.15, 0.2) is 76.3 Å². The Kier molecular flexibility index (Phi) is 4.73. The smallest absolute Gasteiger partial charge is 0.331 e. The second-order valence-corrected chi connectivity index (χ2v) is 9.34. The Morgan fingerprint density at radius 1 is 0.889 bits per heavy atom. The zero-order chi connectivity index (χ0) is 25.3. The summed E-state index contributed by atoms with van der Waals surface area (Å²) < 4.78 is 11.2. The van der Waals surface area contributed by atoms with Gasteiger partial charge in [-0.2, -0.15) is 0 Å². The van der Waals surface area contributed by atoms with E-state index in [0.717, 1.165) is 26.9 Å². The van der Waals surface area contributed by atoms with E-state index in [9.17, 15) is 14.7 Å². The van der Waals surface area contributed by atoms with Crippen LogP contribution in [0.2, 0.25) is 0 Å². The van der Waals surface area contributed by atoms with Gasteiger partial charge in [0, 0.05) is 25.2 Å². The summed E-state index contributed by atoms with van der Waals surface area (Å²) in [5, 5.41) is 11.3. The van der Waals surface area contributed by atoms with Crippen LogP contribution < -0.4 is 16.0 Å². The molecular formula is C29H25N3O4. The highest BCUT2D eigenvalue weighted by atomic mass is 16.5. The molecule has 2 aromatic heterocycles. The van der Waals surface area contributed by atoms with Crippen LogP contribution in [0.4, 0.5) is 0 Å². The largest absolute Gasteiger partial charge is 0.508 e. The van der Waals surface area contributed by atoms with Crippen LogP contribution in [0.3, 0.4) is 0 Å². The second-order valence-electron chi connectivity index (χ2n) is 9.34. The minimum atomic E-state index is -0.751. The van der Waals surface area contributed by atoms with Crippen LogP contribution in [-0.4, -0.2) is 18.8 Å². The molecule has 0 fully saturated rings. The molecule has 3 aromatic carbocycles. The summed E-state index contributed by atoms with van der Waals surface area (Å²) >= 11 is 0. The van der Waals surface area contributed by atoms with Gasteiger partial charge >= 0.3 is 5.69 Å². The average molecular weight is 480 g/mol. The van der Waals surface area contributed by atoms with Crippen LogP contribution in [-0.2, 0) is 14.1 Å². The maximum Gasteiger partial charge on any atom is 0.331 e. The van der Waals surface area contributed by atoms with Crippen LogP contribution in [0, 0.1) is 13.8 Å². The van der Waals surface area contributed by atoms with Crippen molar-refractivity contribution in [1.82, 2.24) is 13.7 Å². The van der Waals surface area contributed by atoms with Gasteiger partial charge in [0.05, 0.1) is 28.0 Å². The molecule has 3 heterocycles. The van der Waals surface area contributed by atoms with Gasteiger partial charge in [0.2, 0.25) is 0 Å². The van der Waals surface area contributed by atoms with Crippen LogP contribution in [0.5, 0.6) is 11.5 Å². The lowest BCUT2D eigenvalue weighted by atomic mass is 10.0. The molecule has 0 saturated carbocycles. The van der Waals surface area contributed by atoms with Crippen LogP contribution in [0.1, 0.15) is 28.5 Å². The number of fused-ring (bicyclic) bond motifs is 5. The molecule has 0 aliphatic carbocycles. The number of para-hydroxylation sites is 1. The van der Waals surface area contributed by atoms with Crippen molar-refractivity contribution in [3.05, 3.63) is 110 Å². The number of hydrogen-bond donors (Lipinski definition) is 1. The molecule has 6 rings (SSSR count). The average Bonchev–Trinajstić information content (AvgIpc) is 3.23. The second kappa shape index (κ2) is 7.75. The number of aromatic nitrogens is 3. The maximum atomic E-state index is 13.8. The lowest BCUT2D eigenvalue weighted by Crippen LogP contribution is -2.37. The number of ether oxygens (including phenoxy) is 1. The van der Waals surface area contributed by atoms with E-state index in [1.165, 1.54) is 11.6 Å². The molecule has 0 unspecified atom stereocenters. The standard InChI is InChI=1S/C29H25N3O4/c1-16-13-14-22-20(15-16)32-24(18-10-6-5-9-17(18)2)23-25(30(3)29(35)31(4)28(23)34)26(32)27(36-22)19-11-7-8-12-21(19)33/h5-15,27,33H,1-4H3/t27-/m0/s1. The molecule has 5 aromatic rings. The van der Waals surface area contributed by atoms with E-state index in [1.54, 1.807) is 25.2 Å². The maximum absolute atomic E-state index is 13.8. The van der Waals surface area contributed by atoms with Gasteiger partial charge in [-0.05, 0) is 43.2 Å². The highest BCUT2D eigenvalue weighted by Crippen LogP contribution is 2.48. The third kappa shape index (κ3) is 2.92. The quantitative estimate of drug-likeness (QED) is 0.404. The number of aromatic hydroxyl groups is 1. The molecule has 7 heteroatoms. The minimum Gasteiger partial charge on any atom is -0.508 e. The molecule has 1 aliphatic rings. The first-order chi connectivity index (χ1) is 17.3. The van der Waals surface area contributed by atoms with Gasteiger partial charge in [-0.3, -0.25) is 13.9 Å². The summed E-state index contributed by atoms with van der Waals surface area (Å²) in [6.07, 6.45) is -0.751. The predicted octanol–water partition coefficient (Wildman–Crippen LogP) is 4.50. The predicted molar refractivity (Wildman–Crippen MR) is 139 cm³/mol. The van der Waals surface area contributed by atoms with Crippen molar-refractivity contribution in [3.63, 3.8) is 0 Å². The first kappa shape index (κ1) is 22.0. The van der Waals surface area contributed by atoms with Crippen molar-refractivity contribution in [3.8, 4) is 28.4 Å². The van der Waals surface area contributed by atoms with Gasteiger partial charge in [0.15, 0.2) is 6.10 Å². The topological polar surface area (TPSA) is 78.4 Å². The Labute approximate surface area is 207 Å². The van der Waals surface area contributed by atoms with Crippen molar-refractivity contribution in [1.29, 1.82) is 0 Å². The van der Waals surface area contributed by atoms with E-state index in [2.05, 4.69) is 0 Å². The minimum absolute atomic E-state index is 0.0743. The summed E-state index contributed by atoms with van der Waals surface area (Å²) in [5.41, 5.74) is 5.24. The Bertz CT molecular complexity index is 1820.